The highest BCUT2D eigenvalue weighted by molar-refractivity contribution is 14.1. The first-order chi connectivity index (χ1) is 8.83. The lowest BCUT2D eigenvalue weighted by Crippen LogP contribution is -2.00. The van der Waals surface area contributed by atoms with Gasteiger partial charge in [0.2, 0.25) is 0 Å². The molecule has 1 aromatic rings. The number of hydrogen-bond acceptors (Lipinski definition) is 2. The number of carbonyl (C=O) groups excluding carboxylic acids is 1. The van der Waals surface area contributed by atoms with Crippen LogP contribution >= 0.6 is 22.6 Å². The summed E-state index contributed by atoms with van der Waals surface area (Å²) >= 11 is 2.38. The number of benzene rings is 1. The Morgan fingerprint density at radius 2 is 1.94 bits per heavy atom. The number of carbonyl (C=O) groups is 1. The normalized spacial score (nSPS) is 10.7. The molecule has 0 fully saturated rings. The number of halogens is 1. The van der Waals surface area contributed by atoms with Crippen molar-refractivity contribution in [1.82, 2.24) is 0 Å². The van der Waals surface area contributed by atoms with Crippen molar-refractivity contribution in [2.45, 2.75) is 32.3 Å². The van der Waals surface area contributed by atoms with E-state index in [1.54, 1.807) is 0 Å². The third kappa shape index (κ3) is 7.48. The largest absolute Gasteiger partial charge is 0.458 e. The Labute approximate surface area is 123 Å². The summed E-state index contributed by atoms with van der Waals surface area (Å²) in [5, 5.41) is 0. The maximum Gasteiger partial charge on any atom is 0.330 e. The van der Waals surface area contributed by atoms with Crippen LogP contribution in [0.3, 0.4) is 0 Å². The van der Waals surface area contributed by atoms with Crippen LogP contribution in [0.15, 0.2) is 42.5 Å². The van der Waals surface area contributed by atoms with E-state index in [1.165, 1.54) is 23.3 Å². The standard InChI is InChI=1S/C15H19IO2/c16-12-8-3-1-2-7-11-15(17)18-13-14-9-5-4-6-10-14/h4-7,9-11H,1-3,8,12-13H2/b11-7+. The highest BCUT2D eigenvalue weighted by Gasteiger charge is 1.97. The monoisotopic (exact) mass is 358 g/mol. The van der Waals surface area contributed by atoms with Crippen LogP contribution in [0.1, 0.15) is 31.2 Å². The SMILES string of the molecule is O=C(/C=C/CCCCCI)OCc1ccccc1. The number of unbranched alkanes of at least 4 members (excludes halogenated alkanes) is 3. The minimum absolute atomic E-state index is 0.257. The third-order valence-corrected chi connectivity index (χ3v) is 3.25. The van der Waals surface area contributed by atoms with Crippen LogP contribution in [-0.4, -0.2) is 10.4 Å². The van der Waals surface area contributed by atoms with E-state index in [1.807, 2.05) is 36.4 Å². The summed E-state index contributed by atoms with van der Waals surface area (Å²) in [4.78, 5) is 11.4. The van der Waals surface area contributed by atoms with Crippen molar-refractivity contribution in [2.75, 3.05) is 4.43 Å². The minimum Gasteiger partial charge on any atom is -0.458 e. The van der Waals surface area contributed by atoms with Crippen LogP contribution in [0.4, 0.5) is 0 Å². The highest BCUT2D eigenvalue weighted by atomic mass is 127. The number of allylic oxidation sites excluding steroid dienone is 1. The first kappa shape index (κ1) is 15.2. The predicted molar refractivity (Wildman–Crippen MR) is 82.7 cm³/mol. The Morgan fingerprint density at radius 3 is 2.67 bits per heavy atom. The summed E-state index contributed by atoms with van der Waals surface area (Å²) in [5.74, 6) is -0.257. The van der Waals surface area contributed by atoms with Crippen molar-refractivity contribution in [1.29, 1.82) is 0 Å². The molecule has 0 saturated carbocycles. The van der Waals surface area contributed by atoms with E-state index in [2.05, 4.69) is 22.6 Å². The van der Waals surface area contributed by atoms with Gasteiger partial charge >= 0.3 is 5.97 Å². The molecule has 1 rings (SSSR count). The molecule has 0 saturated heterocycles. The molecule has 0 aliphatic rings. The summed E-state index contributed by atoms with van der Waals surface area (Å²) in [6.45, 7) is 0.346. The molecule has 0 aliphatic carbocycles. The van der Waals surface area contributed by atoms with Gasteiger partial charge in [0.15, 0.2) is 0 Å². The lowest BCUT2D eigenvalue weighted by atomic mass is 10.2. The zero-order valence-electron chi connectivity index (χ0n) is 10.5. The first-order valence-electron chi connectivity index (χ1n) is 6.26. The molecule has 3 heteroatoms. The summed E-state index contributed by atoms with van der Waals surface area (Å²) < 4.78 is 6.34. The van der Waals surface area contributed by atoms with Crippen molar-refractivity contribution in [2.24, 2.45) is 0 Å². The van der Waals surface area contributed by atoms with Gasteiger partial charge in [0.1, 0.15) is 6.61 Å². The van der Waals surface area contributed by atoms with Gasteiger partial charge < -0.3 is 4.74 Å². The molecule has 1 aromatic carbocycles. The Kier molecular flexibility index (Phi) is 8.55. The molecule has 0 spiro atoms. The molecule has 0 N–H and O–H groups in total. The number of esters is 1. The Balaban J connectivity index is 2.12. The number of alkyl halides is 1. The second-order valence-corrected chi connectivity index (χ2v) is 5.11. The summed E-state index contributed by atoms with van der Waals surface area (Å²) in [6.07, 6.45) is 8.02. The van der Waals surface area contributed by atoms with Gasteiger partial charge in [-0.25, -0.2) is 4.79 Å². The third-order valence-electron chi connectivity index (χ3n) is 2.48. The molecule has 0 radical (unpaired) electrons. The second kappa shape index (κ2) is 10.1. The fourth-order valence-electron chi connectivity index (χ4n) is 1.49. The molecule has 98 valence electrons. The minimum atomic E-state index is -0.257. The van der Waals surface area contributed by atoms with Crippen LogP contribution < -0.4 is 0 Å². The quantitative estimate of drug-likeness (QED) is 0.228. The topological polar surface area (TPSA) is 26.3 Å². The van der Waals surface area contributed by atoms with Crippen molar-refractivity contribution in [3.63, 3.8) is 0 Å². The molecule has 0 unspecified atom stereocenters. The van der Waals surface area contributed by atoms with Crippen LogP contribution in [0.2, 0.25) is 0 Å². The fourth-order valence-corrected chi connectivity index (χ4v) is 2.03. The number of ether oxygens (including phenoxy) is 1. The molecule has 0 amide bonds. The summed E-state index contributed by atoms with van der Waals surface area (Å²) in [6, 6.07) is 9.71. The zero-order chi connectivity index (χ0) is 13.1. The Morgan fingerprint density at radius 1 is 1.17 bits per heavy atom. The van der Waals surface area contributed by atoms with E-state index in [9.17, 15) is 4.79 Å². The molecular weight excluding hydrogens is 339 g/mol. The van der Waals surface area contributed by atoms with Crippen LogP contribution in [0.5, 0.6) is 0 Å². The van der Waals surface area contributed by atoms with Crippen molar-refractivity contribution in [3.05, 3.63) is 48.0 Å². The van der Waals surface area contributed by atoms with E-state index >= 15 is 0 Å². The van der Waals surface area contributed by atoms with Gasteiger partial charge in [0.25, 0.3) is 0 Å². The van der Waals surface area contributed by atoms with Gasteiger partial charge in [0, 0.05) is 6.08 Å². The van der Waals surface area contributed by atoms with Gasteiger partial charge in [0.05, 0.1) is 0 Å². The van der Waals surface area contributed by atoms with Gasteiger partial charge in [-0.2, -0.15) is 0 Å². The van der Waals surface area contributed by atoms with E-state index in [0.717, 1.165) is 18.4 Å². The van der Waals surface area contributed by atoms with Crippen LogP contribution in [0.25, 0.3) is 0 Å². The Bertz CT molecular complexity index is 360. The van der Waals surface area contributed by atoms with Gasteiger partial charge in [-0.3, -0.25) is 0 Å². The highest BCUT2D eigenvalue weighted by Crippen LogP contribution is 2.04. The number of hydrogen-bond donors (Lipinski definition) is 0. The van der Waals surface area contributed by atoms with E-state index in [0.29, 0.717) is 6.61 Å². The maximum atomic E-state index is 11.4. The number of rotatable bonds is 8. The molecule has 0 aliphatic heterocycles. The second-order valence-electron chi connectivity index (χ2n) is 4.03. The van der Waals surface area contributed by atoms with Gasteiger partial charge in [-0.05, 0) is 29.3 Å². The average molecular weight is 358 g/mol. The summed E-state index contributed by atoms with van der Waals surface area (Å²) in [7, 11) is 0. The molecular formula is C15H19IO2. The van der Waals surface area contributed by atoms with Gasteiger partial charge in [-0.1, -0.05) is 65.4 Å². The Hall–Kier alpha value is -0.840. The average Bonchev–Trinajstić information content (AvgIpc) is 2.41. The molecule has 0 heterocycles. The lowest BCUT2D eigenvalue weighted by Gasteiger charge is -2.01. The van der Waals surface area contributed by atoms with Crippen molar-refractivity contribution < 1.29 is 9.53 Å². The molecule has 0 aromatic heterocycles. The molecule has 0 bridgehead atoms. The van der Waals surface area contributed by atoms with Gasteiger partial charge in [-0.15, -0.1) is 0 Å². The summed E-state index contributed by atoms with van der Waals surface area (Å²) in [5.41, 5.74) is 1.02. The zero-order valence-corrected chi connectivity index (χ0v) is 12.6. The van der Waals surface area contributed by atoms with E-state index < -0.39 is 0 Å². The first-order valence-corrected chi connectivity index (χ1v) is 7.78. The molecule has 2 nitrogen and oxygen atoms in total. The molecule has 0 atom stereocenters. The lowest BCUT2D eigenvalue weighted by molar-refractivity contribution is -0.139. The van der Waals surface area contributed by atoms with E-state index in [-0.39, 0.29) is 5.97 Å². The van der Waals surface area contributed by atoms with Crippen LogP contribution in [0, 0.1) is 0 Å². The smallest absolute Gasteiger partial charge is 0.330 e. The van der Waals surface area contributed by atoms with Crippen molar-refractivity contribution >= 4 is 28.6 Å². The van der Waals surface area contributed by atoms with Crippen LogP contribution in [-0.2, 0) is 16.1 Å². The molecule has 18 heavy (non-hydrogen) atoms. The maximum absolute atomic E-state index is 11.4. The van der Waals surface area contributed by atoms with Crippen molar-refractivity contribution in [3.8, 4) is 0 Å². The van der Waals surface area contributed by atoms with E-state index in [4.69, 9.17) is 4.74 Å². The predicted octanol–water partition coefficient (Wildman–Crippen LogP) is 4.28. The fraction of sp³-hybridized carbons (Fsp3) is 0.400.